The number of hydrazone groups is 1. The van der Waals surface area contributed by atoms with Gasteiger partial charge < -0.3 is 4.74 Å². The second-order valence-electron chi connectivity index (χ2n) is 5.97. The molecule has 1 heterocycles. The van der Waals surface area contributed by atoms with Crippen molar-refractivity contribution in [3.05, 3.63) is 68.4 Å². The molecule has 8 heteroatoms. The zero-order valence-electron chi connectivity index (χ0n) is 15.4. The molecule has 28 heavy (non-hydrogen) atoms. The minimum Gasteiger partial charge on any atom is -0.382 e. The van der Waals surface area contributed by atoms with Gasteiger partial charge in [-0.3, -0.25) is 9.36 Å². The number of aromatic nitrogens is 2. The molecule has 0 aliphatic rings. The highest BCUT2D eigenvalue weighted by molar-refractivity contribution is 6.38. The van der Waals surface area contributed by atoms with Crippen molar-refractivity contribution < 1.29 is 4.74 Å². The van der Waals surface area contributed by atoms with Crippen molar-refractivity contribution in [2.75, 3.05) is 18.6 Å². The molecule has 3 aromatic rings. The van der Waals surface area contributed by atoms with Gasteiger partial charge in [-0.2, -0.15) is 5.10 Å². The Bertz CT molecular complexity index is 1030. The second-order valence-corrected chi connectivity index (χ2v) is 6.78. The molecule has 2 aromatic carbocycles. The molecule has 3 rings (SSSR count). The summed E-state index contributed by atoms with van der Waals surface area (Å²) in [5.41, 5.74) is 3.91. The first-order valence-electron chi connectivity index (χ1n) is 8.92. The van der Waals surface area contributed by atoms with E-state index in [0.717, 1.165) is 0 Å². The van der Waals surface area contributed by atoms with Crippen LogP contribution in [0.15, 0.2) is 52.4 Å². The van der Waals surface area contributed by atoms with Crippen molar-refractivity contribution in [1.82, 2.24) is 9.55 Å². The van der Waals surface area contributed by atoms with Crippen LogP contribution in [0.2, 0.25) is 10.0 Å². The van der Waals surface area contributed by atoms with Crippen LogP contribution in [0.4, 0.5) is 5.95 Å². The van der Waals surface area contributed by atoms with Gasteiger partial charge in [-0.25, -0.2) is 10.4 Å². The van der Waals surface area contributed by atoms with Gasteiger partial charge in [-0.05, 0) is 37.6 Å². The van der Waals surface area contributed by atoms with Crippen molar-refractivity contribution in [3.63, 3.8) is 0 Å². The van der Waals surface area contributed by atoms with Crippen LogP contribution in [-0.4, -0.2) is 29.0 Å². The van der Waals surface area contributed by atoms with Crippen LogP contribution >= 0.6 is 23.2 Å². The SMILES string of the molecule is CCOCCCn1c(N/N=C\c2c(Cl)cccc2Cl)nc2ccccc2c1=O. The Morgan fingerprint density at radius 3 is 2.68 bits per heavy atom. The third kappa shape index (κ3) is 4.70. The first kappa shape index (κ1) is 20.3. The summed E-state index contributed by atoms with van der Waals surface area (Å²) in [4.78, 5) is 17.4. The Morgan fingerprint density at radius 1 is 1.18 bits per heavy atom. The predicted octanol–water partition coefficient (Wildman–Crippen LogP) is 4.58. The third-order valence-corrected chi connectivity index (χ3v) is 4.75. The Morgan fingerprint density at radius 2 is 1.93 bits per heavy atom. The fourth-order valence-electron chi connectivity index (χ4n) is 2.72. The van der Waals surface area contributed by atoms with Crippen molar-refractivity contribution in [2.45, 2.75) is 19.9 Å². The standard InChI is InChI=1S/C20H20Cl2N4O2/c1-2-28-12-6-11-26-19(27)14-7-3-4-10-18(14)24-20(26)25-23-13-15-16(21)8-5-9-17(15)22/h3-5,7-10,13H,2,6,11-12H2,1H3,(H,24,25)/b23-13-. The maximum atomic E-state index is 12.9. The van der Waals surface area contributed by atoms with Gasteiger partial charge in [0.25, 0.3) is 5.56 Å². The maximum Gasteiger partial charge on any atom is 0.262 e. The maximum absolute atomic E-state index is 12.9. The number of para-hydroxylation sites is 1. The number of fused-ring (bicyclic) bond motifs is 1. The molecule has 0 fully saturated rings. The van der Waals surface area contributed by atoms with Gasteiger partial charge in [0.1, 0.15) is 0 Å². The normalized spacial score (nSPS) is 11.4. The van der Waals surface area contributed by atoms with Gasteiger partial charge in [-0.1, -0.05) is 41.4 Å². The lowest BCUT2D eigenvalue weighted by atomic mass is 10.2. The van der Waals surface area contributed by atoms with E-state index in [9.17, 15) is 4.79 Å². The smallest absolute Gasteiger partial charge is 0.262 e. The summed E-state index contributed by atoms with van der Waals surface area (Å²) in [6, 6.07) is 12.4. The van der Waals surface area contributed by atoms with Crippen LogP contribution < -0.4 is 11.0 Å². The van der Waals surface area contributed by atoms with Gasteiger partial charge in [-0.15, -0.1) is 0 Å². The van der Waals surface area contributed by atoms with Gasteiger partial charge >= 0.3 is 0 Å². The first-order valence-corrected chi connectivity index (χ1v) is 9.67. The largest absolute Gasteiger partial charge is 0.382 e. The highest BCUT2D eigenvalue weighted by atomic mass is 35.5. The lowest BCUT2D eigenvalue weighted by Crippen LogP contribution is -2.25. The molecule has 0 radical (unpaired) electrons. The average molecular weight is 419 g/mol. The summed E-state index contributed by atoms with van der Waals surface area (Å²) < 4.78 is 6.94. The van der Waals surface area contributed by atoms with E-state index in [1.165, 1.54) is 6.21 Å². The zero-order valence-corrected chi connectivity index (χ0v) is 16.9. The van der Waals surface area contributed by atoms with E-state index in [0.29, 0.717) is 58.6 Å². The van der Waals surface area contributed by atoms with E-state index < -0.39 is 0 Å². The molecule has 0 bridgehead atoms. The number of rotatable bonds is 8. The number of benzene rings is 2. The monoisotopic (exact) mass is 418 g/mol. The quantitative estimate of drug-likeness (QED) is 0.330. The molecule has 0 amide bonds. The molecule has 0 spiro atoms. The zero-order chi connectivity index (χ0) is 19.9. The molecule has 0 aliphatic carbocycles. The van der Waals surface area contributed by atoms with Gasteiger partial charge in [0.05, 0.1) is 27.2 Å². The molecular formula is C20H20Cl2N4O2. The van der Waals surface area contributed by atoms with Crippen LogP contribution in [0.3, 0.4) is 0 Å². The fourth-order valence-corrected chi connectivity index (χ4v) is 3.21. The number of hydrogen-bond donors (Lipinski definition) is 1. The molecule has 146 valence electrons. The van der Waals surface area contributed by atoms with Crippen molar-refractivity contribution in [2.24, 2.45) is 5.10 Å². The summed E-state index contributed by atoms with van der Waals surface area (Å²) in [7, 11) is 0. The Kier molecular flexibility index (Phi) is 7.03. The molecule has 0 saturated heterocycles. The number of hydrogen-bond acceptors (Lipinski definition) is 5. The van der Waals surface area contributed by atoms with Gasteiger partial charge in [0.2, 0.25) is 5.95 Å². The Balaban J connectivity index is 1.91. The van der Waals surface area contributed by atoms with Crippen LogP contribution in [0.1, 0.15) is 18.9 Å². The topological polar surface area (TPSA) is 68.5 Å². The van der Waals surface area contributed by atoms with Crippen molar-refractivity contribution >= 4 is 46.3 Å². The van der Waals surface area contributed by atoms with Crippen molar-refractivity contribution in [1.29, 1.82) is 0 Å². The van der Waals surface area contributed by atoms with Crippen LogP contribution in [0, 0.1) is 0 Å². The summed E-state index contributed by atoms with van der Waals surface area (Å²) in [5.74, 6) is 0.347. The lowest BCUT2D eigenvalue weighted by Gasteiger charge is -2.12. The fraction of sp³-hybridized carbons (Fsp3) is 0.250. The van der Waals surface area contributed by atoms with E-state index in [1.54, 1.807) is 34.9 Å². The van der Waals surface area contributed by atoms with E-state index in [4.69, 9.17) is 27.9 Å². The number of anilines is 1. The summed E-state index contributed by atoms with van der Waals surface area (Å²) >= 11 is 12.3. The van der Waals surface area contributed by atoms with E-state index in [2.05, 4.69) is 15.5 Å². The average Bonchev–Trinajstić information content (AvgIpc) is 2.69. The summed E-state index contributed by atoms with van der Waals surface area (Å²) in [6.07, 6.45) is 2.19. The molecule has 0 atom stereocenters. The molecule has 0 saturated carbocycles. The molecule has 6 nitrogen and oxygen atoms in total. The first-order chi connectivity index (χ1) is 13.6. The summed E-state index contributed by atoms with van der Waals surface area (Å²) in [5, 5.41) is 5.72. The highest BCUT2D eigenvalue weighted by Gasteiger charge is 2.10. The molecule has 1 N–H and O–H groups in total. The predicted molar refractivity (Wildman–Crippen MR) is 115 cm³/mol. The lowest BCUT2D eigenvalue weighted by molar-refractivity contribution is 0.141. The Labute approximate surface area is 172 Å². The second kappa shape index (κ2) is 9.68. The third-order valence-electron chi connectivity index (χ3n) is 4.09. The molecule has 1 aromatic heterocycles. The van der Waals surface area contributed by atoms with E-state index >= 15 is 0 Å². The van der Waals surface area contributed by atoms with E-state index in [1.807, 2.05) is 19.1 Å². The minimum absolute atomic E-state index is 0.129. The molecule has 0 unspecified atom stereocenters. The van der Waals surface area contributed by atoms with Crippen LogP contribution in [-0.2, 0) is 11.3 Å². The van der Waals surface area contributed by atoms with Crippen LogP contribution in [0.5, 0.6) is 0 Å². The number of ether oxygens (including phenoxy) is 1. The molecular weight excluding hydrogens is 399 g/mol. The van der Waals surface area contributed by atoms with Gasteiger partial charge in [0, 0.05) is 25.3 Å². The van der Waals surface area contributed by atoms with E-state index in [-0.39, 0.29) is 5.56 Å². The Hall–Kier alpha value is -2.41. The van der Waals surface area contributed by atoms with Gasteiger partial charge in [0.15, 0.2) is 0 Å². The highest BCUT2D eigenvalue weighted by Crippen LogP contribution is 2.22. The van der Waals surface area contributed by atoms with Crippen molar-refractivity contribution in [3.8, 4) is 0 Å². The summed E-state index contributed by atoms with van der Waals surface area (Å²) in [6.45, 7) is 3.60. The molecule has 0 aliphatic heterocycles. The number of halogens is 2. The van der Waals surface area contributed by atoms with Crippen LogP contribution in [0.25, 0.3) is 10.9 Å². The number of nitrogens with one attached hydrogen (secondary N) is 1. The minimum atomic E-state index is -0.129. The number of nitrogens with zero attached hydrogens (tertiary/aromatic N) is 3.